The summed E-state index contributed by atoms with van der Waals surface area (Å²) < 4.78 is 0. The van der Waals surface area contributed by atoms with Gasteiger partial charge in [0.25, 0.3) is 0 Å². The number of carbonyl (C=O) groups excluding carboxylic acids is 1. The number of hydrogen-bond donors (Lipinski definition) is 2. The van der Waals surface area contributed by atoms with Crippen LogP contribution in [0.15, 0.2) is 40.9 Å². The van der Waals surface area contributed by atoms with Crippen molar-refractivity contribution in [3.63, 3.8) is 0 Å². The molecule has 0 radical (unpaired) electrons. The van der Waals surface area contributed by atoms with Gasteiger partial charge in [-0.05, 0) is 56.5 Å². The van der Waals surface area contributed by atoms with Crippen molar-refractivity contribution in [2.45, 2.75) is 33.6 Å². The predicted molar refractivity (Wildman–Crippen MR) is 98.1 cm³/mol. The molecule has 1 unspecified atom stereocenters. The molecule has 1 aliphatic heterocycles. The number of nitrogens with two attached hydrogens (primary N) is 1. The van der Waals surface area contributed by atoms with Crippen molar-refractivity contribution in [2.24, 2.45) is 16.6 Å². The molecule has 23 heavy (non-hydrogen) atoms. The van der Waals surface area contributed by atoms with Crippen LogP contribution in [-0.4, -0.2) is 18.2 Å². The number of allylic oxidation sites excluding steroid dienone is 1. The van der Waals surface area contributed by atoms with Crippen LogP contribution in [0.25, 0.3) is 6.08 Å². The summed E-state index contributed by atoms with van der Waals surface area (Å²) in [6.07, 6.45) is 7.76. The number of nitrogens with zero attached hydrogens (tertiary/aromatic N) is 1. The number of amidine groups is 1. The van der Waals surface area contributed by atoms with Crippen LogP contribution < -0.4 is 11.1 Å². The zero-order valence-electron chi connectivity index (χ0n) is 14.1. The summed E-state index contributed by atoms with van der Waals surface area (Å²) in [4.78, 5) is 15.7. The molecule has 0 spiro atoms. The van der Waals surface area contributed by atoms with Crippen molar-refractivity contribution >= 4 is 29.1 Å². The third-order valence-electron chi connectivity index (χ3n) is 4.06. The minimum Gasteiger partial charge on any atom is -0.384 e. The standard InChI is InChI=1S/C19H25N3O/c1-13(6-7-14(2)15(3)23)11-19(20)22-17-8-9-18-16(12-17)5-4-10-21-18/h4-5,8-9,11-12,14,21H,6-7,10H2,1-3H3,(H2,20,22)/b13-11-. The zero-order chi connectivity index (χ0) is 16.8. The second-order valence-corrected chi connectivity index (χ2v) is 6.13. The van der Waals surface area contributed by atoms with E-state index in [1.807, 2.05) is 38.1 Å². The molecule has 1 atom stereocenters. The fourth-order valence-corrected chi connectivity index (χ4v) is 2.43. The molecule has 0 aliphatic carbocycles. The smallest absolute Gasteiger partial charge is 0.132 e. The number of aliphatic imine (C=N–C) groups is 1. The van der Waals surface area contributed by atoms with Crippen LogP contribution in [0.2, 0.25) is 0 Å². The van der Waals surface area contributed by atoms with E-state index in [2.05, 4.69) is 22.5 Å². The summed E-state index contributed by atoms with van der Waals surface area (Å²) in [5, 5.41) is 3.31. The molecule has 1 aliphatic rings. The summed E-state index contributed by atoms with van der Waals surface area (Å²) in [7, 11) is 0. The molecule has 122 valence electrons. The Morgan fingerprint density at radius 3 is 2.96 bits per heavy atom. The molecular weight excluding hydrogens is 286 g/mol. The van der Waals surface area contributed by atoms with Crippen LogP contribution in [-0.2, 0) is 4.79 Å². The van der Waals surface area contributed by atoms with E-state index < -0.39 is 0 Å². The van der Waals surface area contributed by atoms with Gasteiger partial charge in [0.15, 0.2) is 0 Å². The van der Waals surface area contributed by atoms with Crippen LogP contribution in [0.1, 0.15) is 39.2 Å². The fraction of sp³-hybridized carbons (Fsp3) is 0.368. The molecule has 2 rings (SSSR count). The average molecular weight is 311 g/mol. The summed E-state index contributed by atoms with van der Waals surface area (Å²) in [6, 6.07) is 6.00. The van der Waals surface area contributed by atoms with E-state index in [-0.39, 0.29) is 11.7 Å². The average Bonchev–Trinajstić information content (AvgIpc) is 2.52. The number of rotatable bonds is 6. The maximum atomic E-state index is 11.3. The maximum Gasteiger partial charge on any atom is 0.132 e. The van der Waals surface area contributed by atoms with Crippen molar-refractivity contribution in [3.05, 3.63) is 41.5 Å². The predicted octanol–water partition coefficient (Wildman–Crippen LogP) is 4.07. The first-order valence-corrected chi connectivity index (χ1v) is 8.02. The van der Waals surface area contributed by atoms with E-state index in [0.717, 1.165) is 41.9 Å². The Morgan fingerprint density at radius 1 is 1.43 bits per heavy atom. The minimum absolute atomic E-state index is 0.0939. The summed E-state index contributed by atoms with van der Waals surface area (Å²) in [5.41, 5.74) is 10.2. The fourth-order valence-electron chi connectivity index (χ4n) is 2.43. The van der Waals surface area contributed by atoms with Crippen molar-refractivity contribution in [2.75, 3.05) is 11.9 Å². The quantitative estimate of drug-likeness (QED) is 0.615. The van der Waals surface area contributed by atoms with Crippen LogP contribution >= 0.6 is 0 Å². The number of fused-ring (bicyclic) bond motifs is 1. The molecule has 0 saturated carbocycles. The molecule has 3 N–H and O–H groups in total. The zero-order valence-corrected chi connectivity index (χ0v) is 14.1. The van der Waals surface area contributed by atoms with Crippen molar-refractivity contribution in [1.82, 2.24) is 0 Å². The molecule has 0 amide bonds. The van der Waals surface area contributed by atoms with Crippen LogP contribution in [0.5, 0.6) is 0 Å². The van der Waals surface area contributed by atoms with Crippen molar-refractivity contribution in [1.29, 1.82) is 0 Å². The molecule has 4 heteroatoms. The molecule has 4 nitrogen and oxygen atoms in total. The minimum atomic E-state index is 0.0939. The van der Waals surface area contributed by atoms with Gasteiger partial charge in [-0.25, -0.2) is 4.99 Å². The highest BCUT2D eigenvalue weighted by atomic mass is 16.1. The Labute approximate surface area is 138 Å². The number of nitrogens with one attached hydrogen (secondary N) is 1. The lowest BCUT2D eigenvalue weighted by Gasteiger charge is -2.13. The van der Waals surface area contributed by atoms with Crippen molar-refractivity contribution < 1.29 is 4.79 Å². The van der Waals surface area contributed by atoms with Gasteiger partial charge in [0.05, 0.1) is 5.69 Å². The third-order valence-corrected chi connectivity index (χ3v) is 4.06. The molecule has 0 aromatic heterocycles. The number of benzene rings is 1. The van der Waals surface area contributed by atoms with Crippen LogP contribution in [0.3, 0.4) is 0 Å². The normalized spacial score (nSPS) is 15.8. The second kappa shape index (κ2) is 7.77. The Morgan fingerprint density at radius 2 is 2.22 bits per heavy atom. The first-order chi connectivity index (χ1) is 11.0. The number of ketones is 1. The number of Topliss-reactive ketones (excluding diaryl/α,β-unsaturated/α-hetero) is 1. The lowest BCUT2D eigenvalue weighted by atomic mass is 9.98. The lowest BCUT2D eigenvalue weighted by molar-refractivity contribution is -0.120. The number of hydrogen-bond acceptors (Lipinski definition) is 3. The Bertz CT molecular complexity index is 671. The molecule has 1 aromatic rings. The lowest BCUT2D eigenvalue weighted by Crippen LogP contribution is -2.09. The van der Waals surface area contributed by atoms with E-state index in [4.69, 9.17) is 5.73 Å². The molecule has 1 heterocycles. The number of carbonyl (C=O) groups is 1. The van der Waals surface area contributed by atoms with Gasteiger partial charge >= 0.3 is 0 Å². The molecule has 0 saturated heterocycles. The van der Waals surface area contributed by atoms with Gasteiger partial charge in [0.2, 0.25) is 0 Å². The third kappa shape index (κ3) is 5.09. The van der Waals surface area contributed by atoms with Gasteiger partial charge in [-0.1, -0.05) is 24.6 Å². The SMILES string of the molecule is CC(=O)C(C)CC/C(C)=C\C(N)=Nc1ccc2c(c1)C=CCN2. The van der Waals surface area contributed by atoms with E-state index in [1.165, 1.54) is 0 Å². The Hall–Kier alpha value is -2.36. The van der Waals surface area contributed by atoms with E-state index in [0.29, 0.717) is 5.84 Å². The highest BCUT2D eigenvalue weighted by molar-refractivity contribution is 5.94. The van der Waals surface area contributed by atoms with Gasteiger partial charge in [0.1, 0.15) is 11.6 Å². The van der Waals surface area contributed by atoms with E-state index in [1.54, 1.807) is 6.92 Å². The summed E-state index contributed by atoms with van der Waals surface area (Å²) >= 11 is 0. The van der Waals surface area contributed by atoms with Crippen LogP contribution in [0, 0.1) is 5.92 Å². The first-order valence-electron chi connectivity index (χ1n) is 8.02. The van der Waals surface area contributed by atoms with Gasteiger partial charge in [-0.15, -0.1) is 0 Å². The monoisotopic (exact) mass is 311 g/mol. The highest BCUT2D eigenvalue weighted by Gasteiger charge is 2.07. The van der Waals surface area contributed by atoms with Crippen LogP contribution in [0.4, 0.5) is 11.4 Å². The molecule has 0 bridgehead atoms. The van der Waals surface area contributed by atoms with E-state index >= 15 is 0 Å². The summed E-state index contributed by atoms with van der Waals surface area (Å²) in [5.74, 6) is 0.817. The maximum absolute atomic E-state index is 11.3. The molecule has 1 aromatic carbocycles. The largest absolute Gasteiger partial charge is 0.384 e. The van der Waals surface area contributed by atoms with Gasteiger partial charge in [0, 0.05) is 18.2 Å². The van der Waals surface area contributed by atoms with Crippen molar-refractivity contribution in [3.8, 4) is 0 Å². The number of anilines is 1. The van der Waals surface area contributed by atoms with Gasteiger partial charge in [-0.3, -0.25) is 4.79 Å². The Kier molecular flexibility index (Phi) is 5.74. The van der Waals surface area contributed by atoms with Gasteiger partial charge in [-0.2, -0.15) is 0 Å². The topological polar surface area (TPSA) is 67.5 Å². The highest BCUT2D eigenvalue weighted by Crippen LogP contribution is 2.26. The molecular formula is C19H25N3O. The Balaban J connectivity index is 2.03. The first kappa shape index (κ1) is 17.0. The van der Waals surface area contributed by atoms with E-state index in [9.17, 15) is 4.79 Å². The van der Waals surface area contributed by atoms with Gasteiger partial charge < -0.3 is 11.1 Å². The second-order valence-electron chi connectivity index (χ2n) is 6.13. The molecule has 0 fully saturated rings. The summed E-state index contributed by atoms with van der Waals surface area (Å²) in [6.45, 7) is 6.48.